The lowest BCUT2D eigenvalue weighted by molar-refractivity contribution is 0.00695. The fourth-order valence-electron chi connectivity index (χ4n) is 5.02. The quantitative estimate of drug-likeness (QED) is 0.361. The van der Waals surface area contributed by atoms with Gasteiger partial charge in [-0.1, -0.05) is 75.4 Å². The summed E-state index contributed by atoms with van der Waals surface area (Å²) in [7, 11) is 0. The zero-order valence-electron chi connectivity index (χ0n) is 22.0. The fourth-order valence-corrected chi connectivity index (χ4v) is 5.02. The average molecular weight is 470 g/mol. The molecule has 0 spiro atoms. The van der Waals surface area contributed by atoms with Gasteiger partial charge in [0.25, 0.3) is 0 Å². The third-order valence-corrected chi connectivity index (χ3v) is 6.87. The number of ether oxygens (including phenoxy) is 1. The molecule has 0 radical (unpaired) electrons. The highest BCUT2D eigenvalue weighted by Crippen LogP contribution is 2.38. The van der Waals surface area contributed by atoms with Crippen LogP contribution in [0.25, 0.3) is 0 Å². The number of carbonyl (C=O) groups is 1. The Morgan fingerprint density at radius 1 is 0.857 bits per heavy atom. The molecule has 0 saturated carbocycles. The van der Waals surface area contributed by atoms with Gasteiger partial charge in [0.15, 0.2) is 0 Å². The molecule has 1 saturated heterocycles. The minimum atomic E-state index is -0.499. The van der Waals surface area contributed by atoms with Crippen molar-refractivity contribution < 1.29 is 9.53 Å². The molecule has 3 aromatic carbocycles. The Morgan fingerprint density at radius 2 is 1.49 bits per heavy atom. The topological polar surface area (TPSA) is 29.5 Å². The van der Waals surface area contributed by atoms with Crippen molar-refractivity contribution in [3.8, 4) is 0 Å². The third-order valence-electron chi connectivity index (χ3n) is 6.87. The van der Waals surface area contributed by atoms with E-state index < -0.39 is 5.60 Å². The minimum absolute atomic E-state index is 0.153. The van der Waals surface area contributed by atoms with E-state index >= 15 is 0 Å². The van der Waals surface area contributed by atoms with E-state index in [1.165, 1.54) is 16.7 Å². The van der Waals surface area contributed by atoms with Crippen molar-refractivity contribution in [3.63, 3.8) is 0 Å². The van der Waals surface area contributed by atoms with Crippen molar-refractivity contribution in [1.82, 2.24) is 0 Å². The van der Waals surface area contributed by atoms with Gasteiger partial charge in [-0.05, 0) is 80.0 Å². The van der Waals surface area contributed by atoms with Crippen molar-refractivity contribution in [1.29, 1.82) is 0 Å². The number of rotatable bonds is 5. The van der Waals surface area contributed by atoms with Crippen LogP contribution in [0.15, 0.2) is 78.9 Å². The SMILES string of the molecule is CC(C)(C)OC(=O)c1ccc(N2CC[C@@H](c3ccccc3)[C@@H]2Cc2ccc(C(C)(C)C)cc2)cc1. The van der Waals surface area contributed by atoms with Crippen LogP contribution in [0.1, 0.15) is 80.9 Å². The summed E-state index contributed by atoms with van der Waals surface area (Å²) in [6, 6.07) is 28.3. The number of esters is 1. The standard InChI is InChI=1S/C32H39NO2/c1-31(2,3)26-16-12-23(13-17-26)22-29-28(24-10-8-7-9-11-24)20-21-33(29)27-18-14-25(15-19-27)30(34)35-32(4,5)6/h7-19,28-29H,20-22H2,1-6H3/t28-,29-/m0/s1. The number of benzene rings is 3. The molecule has 0 aromatic heterocycles. The van der Waals surface area contributed by atoms with Gasteiger partial charge >= 0.3 is 5.97 Å². The van der Waals surface area contributed by atoms with E-state index in [9.17, 15) is 4.79 Å². The average Bonchev–Trinajstić information content (AvgIpc) is 3.22. The molecule has 1 aliphatic rings. The van der Waals surface area contributed by atoms with E-state index in [1.54, 1.807) is 0 Å². The second-order valence-corrected chi connectivity index (χ2v) is 11.8. The summed E-state index contributed by atoms with van der Waals surface area (Å²) in [4.78, 5) is 15.0. The first-order valence-corrected chi connectivity index (χ1v) is 12.8. The van der Waals surface area contributed by atoms with Crippen LogP contribution in [-0.2, 0) is 16.6 Å². The Labute approximate surface area is 211 Å². The van der Waals surface area contributed by atoms with Crippen molar-refractivity contribution in [2.45, 2.75) is 77.4 Å². The molecule has 2 atom stereocenters. The summed E-state index contributed by atoms with van der Waals surface area (Å²) < 4.78 is 5.55. The zero-order chi connectivity index (χ0) is 25.2. The number of hydrogen-bond donors (Lipinski definition) is 0. The molecular weight excluding hydrogens is 430 g/mol. The van der Waals surface area contributed by atoms with Crippen LogP contribution in [0.2, 0.25) is 0 Å². The monoisotopic (exact) mass is 469 g/mol. The predicted molar refractivity (Wildman–Crippen MR) is 145 cm³/mol. The Morgan fingerprint density at radius 3 is 2.06 bits per heavy atom. The molecule has 184 valence electrons. The summed E-state index contributed by atoms with van der Waals surface area (Å²) in [5.41, 5.74) is 5.53. The highest BCUT2D eigenvalue weighted by Gasteiger charge is 2.35. The summed E-state index contributed by atoms with van der Waals surface area (Å²) in [5.74, 6) is 0.187. The van der Waals surface area contributed by atoms with Crippen molar-refractivity contribution in [3.05, 3.63) is 101 Å². The summed E-state index contributed by atoms with van der Waals surface area (Å²) in [5, 5.41) is 0. The Bertz CT molecular complexity index is 1120. The van der Waals surface area contributed by atoms with Crippen molar-refractivity contribution in [2.75, 3.05) is 11.4 Å². The molecule has 0 aliphatic carbocycles. The van der Waals surface area contributed by atoms with Gasteiger partial charge in [-0.2, -0.15) is 0 Å². The van der Waals surface area contributed by atoms with E-state index in [4.69, 9.17) is 4.74 Å². The lowest BCUT2D eigenvalue weighted by Gasteiger charge is -2.31. The lowest BCUT2D eigenvalue weighted by Crippen LogP contribution is -2.34. The molecule has 0 bridgehead atoms. The van der Waals surface area contributed by atoms with Crippen LogP contribution in [0.5, 0.6) is 0 Å². The first kappa shape index (κ1) is 25.0. The van der Waals surface area contributed by atoms with Crippen LogP contribution < -0.4 is 4.90 Å². The fraction of sp³-hybridized carbons (Fsp3) is 0.406. The summed E-state index contributed by atoms with van der Waals surface area (Å²) >= 11 is 0. The predicted octanol–water partition coefficient (Wildman–Crippen LogP) is 7.54. The minimum Gasteiger partial charge on any atom is -0.456 e. The highest BCUT2D eigenvalue weighted by molar-refractivity contribution is 5.90. The number of hydrogen-bond acceptors (Lipinski definition) is 3. The molecular formula is C32H39NO2. The summed E-state index contributed by atoms with van der Waals surface area (Å²) in [6.07, 6.45) is 2.10. The zero-order valence-corrected chi connectivity index (χ0v) is 22.0. The molecule has 35 heavy (non-hydrogen) atoms. The third kappa shape index (κ3) is 6.14. The molecule has 3 nitrogen and oxygen atoms in total. The Hall–Kier alpha value is -3.07. The highest BCUT2D eigenvalue weighted by atomic mass is 16.6. The lowest BCUT2D eigenvalue weighted by atomic mass is 9.85. The molecule has 0 unspecified atom stereocenters. The van der Waals surface area contributed by atoms with Gasteiger partial charge in [-0.3, -0.25) is 0 Å². The van der Waals surface area contributed by atoms with Gasteiger partial charge in [-0.25, -0.2) is 4.79 Å². The molecule has 4 rings (SSSR count). The molecule has 3 aromatic rings. The van der Waals surface area contributed by atoms with Gasteiger partial charge in [-0.15, -0.1) is 0 Å². The van der Waals surface area contributed by atoms with Crippen molar-refractivity contribution >= 4 is 11.7 Å². The Balaban J connectivity index is 1.60. The molecule has 0 amide bonds. The van der Waals surface area contributed by atoms with E-state index in [0.29, 0.717) is 17.5 Å². The Kier molecular flexibility index (Phi) is 7.07. The van der Waals surface area contributed by atoms with E-state index in [2.05, 4.69) is 92.4 Å². The van der Waals surface area contributed by atoms with E-state index in [1.807, 2.05) is 32.9 Å². The maximum absolute atomic E-state index is 12.5. The van der Waals surface area contributed by atoms with Crippen LogP contribution >= 0.6 is 0 Å². The molecule has 1 heterocycles. The van der Waals surface area contributed by atoms with Crippen LogP contribution in [0, 0.1) is 0 Å². The second-order valence-electron chi connectivity index (χ2n) is 11.8. The van der Waals surface area contributed by atoms with Gasteiger partial charge in [0.2, 0.25) is 0 Å². The second kappa shape index (κ2) is 9.89. The van der Waals surface area contributed by atoms with Crippen LogP contribution in [0.3, 0.4) is 0 Å². The molecule has 0 N–H and O–H groups in total. The van der Waals surface area contributed by atoms with Gasteiger partial charge in [0, 0.05) is 24.2 Å². The largest absolute Gasteiger partial charge is 0.456 e. The normalized spacial score (nSPS) is 18.5. The van der Waals surface area contributed by atoms with Crippen molar-refractivity contribution in [2.24, 2.45) is 0 Å². The number of anilines is 1. The van der Waals surface area contributed by atoms with Crippen LogP contribution in [-0.4, -0.2) is 24.2 Å². The van der Waals surface area contributed by atoms with E-state index in [-0.39, 0.29) is 11.4 Å². The van der Waals surface area contributed by atoms with Gasteiger partial charge in [0.05, 0.1) is 5.56 Å². The number of nitrogens with zero attached hydrogens (tertiary/aromatic N) is 1. The maximum Gasteiger partial charge on any atom is 0.338 e. The number of carbonyl (C=O) groups excluding carboxylic acids is 1. The molecule has 3 heteroatoms. The molecule has 1 aliphatic heterocycles. The van der Waals surface area contributed by atoms with Gasteiger partial charge < -0.3 is 9.64 Å². The van der Waals surface area contributed by atoms with Gasteiger partial charge in [0.1, 0.15) is 5.60 Å². The van der Waals surface area contributed by atoms with Crippen LogP contribution in [0.4, 0.5) is 5.69 Å². The summed E-state index contributed by atoms with van der Waals surface area (Å²) in [6.45, 7) is 13.5. The first-order chi connectivity index (χ1) is 16.5. The van der Waals surface area contributed by atoms with E-state index in [0.717, 1.165) is 25.1 Å². The maximum atomic E-state index is 12.5. The molecule has 1 fully saturated rings. The first-order valence-electron chi connectivity index (χ1n) is 12.8. The smallest absolute Gasteiger partial charge is 0.338 e.